The minimum Gasteiger partial charge on any atom is -0.491 e. The molecule has 6 nitrogen and oxygen atoms in total. The summed E-state index contributed by atoms with van der Waals surface area (Å²) in [4.78, 5) is -0.174. The van der Waals surface area contributed by atoms with E-state index in [0.717, 1.165) is 11.6 Å². The number of nitrogens with zero attached hydrogens (tertiary/aromatic N) is 2. The van der Waals surface area contributed by atoms with Gasteiger partial charge < -0.3 is 4.74 Å². The Morgan fingerprint density at radius 3 is 2.83 bits per heavy atom. The van der Waals surface area contributed by atoms with Gasteiger partial charge in [0.2, 0.25) is 0 Å². The number of halogens is 1. The number of nitrogens with one attached hydrogen (secondary N) is 1. The van der Waals surface area contributed by atoms with Gasteiger partial charge in [0, 0.05) is 12.4 Å². The quantitative estimate of drug-likeness (QED) is 0.778. The van der Waals surface area contributed by atoms with Crippen molar-refractivity contribution in [2.45, 2.75) is 11.8 Å². The van der Waals surface area contributed by atoms with Crippen molar-refractivity contribution < 1.29 is 17.5 Å². The van der Waals surface area contributed by atoms with Crippen LogP contribution in [0.2, 0.25) is 0 Å². The Labute approximate surface area is 132 Å². The van der Waals surface area contributed by atoms with Crippen molar-refractivity contribution in [2.75, 3.05) is 11.3 Å². The molecule has 0 unspecified atom stereocenters. The Balaban J connectivity index is 1.90. The zero-order chi connectivity index (χ0) is 16.4. The standard InChI is InChI=1S/C15H14FN3O3S/c1-2-22-15-4-3-13(10-14(15)16)23(20,21)18-11-6-8-19-12(9-11)5-7-17-19/h3-10,18H,2H2,1H3. The van der Waals surface area contributed by atoms with E-state index in [-0.39, 0.29) is 10.6 Å². The monoisotopic (exact) mass is 335 g/mol. The van der Waals surface area contributed by atoms with Crippen molar-refractivity contribution >= 4 is 21.2 Å². The highest BCUT2D eigenvalue weighted by molar-refractivity contribution is 7.92. The number of anilines is 1. The summed E-state index contributed by atoms with van der Waals surface area (Å²) in [6.45, 7) is 2.02. The highest BCUT2D eigenvalue weighted by atomic mass is 32.2. The second-order valence-corrected chi connectivity index (χ2v) is 6.43. The lowest BCUT2D eigenvalue weighted by molar-refractivity contribution is 0.321. The lowest BCUT2D eigenvalue weighted by Gasteiger charge is -2.10. The summed E-state index contributed by atoms with van der Waals surface area (Å²) in [5.74, 6) is -0.701. The molecular formula is C15H14FN3O3S. The third-order valence-electron chi connectivity index (χ3n) is 3.17. The van der Waals surface area contributed by atoms with Gasteiger partial charge in [0.1, 0.15) is 0 Å². The van der Waals surface area contributed by atoms with Crippen molar-refractivity contribution in [2.24, 2.45) is 0 Å². The number of ether oxygens (including phenoxy) is 1. The SMILES string of the molecule is CCOc1ccc(S(=O)(=O)Nc2ccn3nccc3c2)cc1F. The van der Waals surface area contributed by atoms with Gasteiger partial charge in [0.25, 0.3) is 10.0 Å². The molecule has 3 aromatic rings. The number of hydrogen-bond acceptors (Lipinski definition) is 4. The summed E-state index contributed by atoms with van der Waals surface area (Å²) in [7, 11) is -3.89. The zero-order valence-corrected chi connectivity index (χ0v) is 13.0. The summed E-state index contributed by atoms with van der Waals surface area (Å²) in [6.07, 6.45) is 3.24. The zero-order valence-electron chi connectivity index (χ0n) is 12.2. The number of fused-ring (bicyclic) bond motifs is 1. The molecule has 2 aromatic heterocycles. The maximum atomic E-state index is 13.8. The van der Waals surface area contributed by atoms with Crippen LogP contribution in [0, 0.1) is 5.82 Å². The summed E-state index contributed by atoms with van der Waals surface area (Å²) < 4.78 is 47.6. The number of rotatable bonds is 5. The molecule has 2 heterocycles. The van der Waals surface area contributed by atoms with Gasteiger partial charge in [-0.3, -0.25) is 4.72 Å². The maximum absolute atomic E-state index is 13.8. The van der Waals surface area contributed by atoms with E-state index in [9.17, 15) is 12.8 Å². The van der Waals surface area contributed by atoms with Crippen LogP contribution in [0.3, 0.4) is 0 Å². The van der Waals surface area contributed by atoms with Crippen molar-refractivity contribution in [1.82, 2.24) is 9.61 Å². The molecule has 0 aliphatic rings. The van der Waals surface area contributed by atoms with E-state index < -0.39 is 15.8 Å². The first-order valence-electron chi connectivity index (χ1n) is 6.88. The van der Waals surface area contributed by atoms with Gasteiger partial charge in [-0.1, -0.05) is 0 Å². The molecule has 0 fully saturated rings. The average Bonchev–Trinajstić information content (AvgIpc) is 2.96. The van der Waals surface area contributed by atoms with E-state index in [0.29, 0.717) is 12.3 Å². The van der Waals surface area contributed by atoms with Gasteiger partial charge in [0.05, 0.1) is 22.7 Å². The van der Waals surface area contributed by atoms with E-state index in [1.54, 1.807) is 42.0 Å². The van der Waals surface area contributed by atoms with Crippen LogP contribution in [0.25, 0.3) is 5.52 Å². The van der Waals surface area contributed by atoms with E-state index in [2.05, 4.69) is 9.82 Å². The van der Waals surface area contributed by atoms with Crippen LogP contribution < -0.4 is 9.46 Å². The summed E-state index contributed by atoms with van der Waals surface area (Å²) >= 11 is 0. The molecule has 0 bridgehead atoms. The van der Waals surface area contributed by atoms with Gasteiger partial charge in [-0.25, -0.2) is 17.3 Å². The van der Waals surface area contributed by atoms with E-state index in [1.165, 1.54) is 12.1 Å². The number of sulfonamides is 1. The molecule has 120 valence electrons. The molecule has 23 heavy (non-hydrogen) atoms. The molecule has 0 radical (unpaired) electrons. The van der Waals surface area contributed by atoms with Crippen LogP contribution in [0.15, 0.2) is 53.7 Å². The molecule has 1 aromatic carbocycles. The predicted octanol–water partition coefficient (Wildman–Crippen LogP) is 2.67. The fourth-order valence-electron chi connectivity index (χ4n) is 2.12. The Morgan fingerprint density at radius 2 is 2.09 bits per heavy atom. The third-order valence-corrected chi connectivity index (χ3v) is 4.54. The highest BCUT2D eigenvalue weighted by Gasteiger charge is 2.17. The fraction of sp³-hybridized carbons (Fsp3) is 0.133. The first-order valence-corrected chi connectivity index (χ1v) is 8.36. The molecule has 0 saturated carbocycles. The van der Waals surface area contributed by atoms with Crippen LogP contribution in [-0.2, 0) is 10.0 Å². The molecule has 0 amide bonds. The fourth-order valence-corrected chi connectivity index (χ4v) is 3.18. The summed E-state index contributed by atoms with van der Waals surface area (Å²) in [5.41, 5.74) is 1.11. The minimum absolute atomic E-state index is 0.0205. The lowest BCUT2D eigenvalue weighted by Crippen LogP contribution is -2.13. The molecule has 1 N–H and O–H groups in total. The average molecular weight is 335 g/mol. The number of pyridine rings is 1. The van der Waals surface area contributed by atoms with E-state index in [1.807, 2.05) is 0 Å². The van der Waals surface area contributed by atoms with Gasteiger partial charge in [0.15, 0.2) is 11.6 Å². The molecular weight excluding hydrogens is 321 g/mol. The van der Waals surface area contributed by atoms with Gasteiger partial charge in [-0.2, -0.15) is 5.10 Å². The second-order valence-electron chi connectivity index (χ2n) is 4.75. The van der Waals surface area contributed by atoms with Crippen molar-refractivity contribution in [3.63, 3.8) is 0 Å². The molecule has 0 atom stereocenters. The van der Waals surface area contributed by atoms with Crippen LogP contribution in [0.1, 0.15) is 6.92 Å². The molecule has 8 heteroatoms. The number of aromatic nitrogens is 2. The molecule has 0 spiro atoms. The molecule has 0 saturated heterocycles. The first kappa shape index (κ1) is 15.3. The molecule has 0 aliphatic carbocycles. The Morgan fingerprint density at radius 1 is 1.26 bits per heavy atom. The third kappa shape index (κ3) is 3.11. The van der Waals surface area contributed by atoms with Gasteiger partial charge in [-0.05, 0) is 43.3 Å². The molecule has 3 rings (SSSR count). The van der Waals surface area contributed by atoms with Gasteiger partial charge >= 0.3 is 0 Å². The smallest absolute Gasteiger partial charge is 0.262 e. The van der Waals surface area contributed by atoms with Crippen LogP contribution in [-0.4, -0.2) is 24.6 Å². The van der Waals surface area contributed by atoms with E-state index in [4.69, 9.17) is 4.74 Å². The predicted molar refractivity (Wildman–Crippen MR) is 83.6 cm³/mol. The Kier molecular flexibility index (Phi) is 3.91. The van der Waals surface area contributed by atoms with Crippen LogP contribution in [0.4, 0.5) is 10.1 Å². The Bertz CT molecular complexity index is 954. The molecule has 0 aliphatic heterocycles. The highest BCUT2D eigenvalue weighted by Crippen LogP contribution is 2.23. The summed E-state index contributed by atoms with van der Waals surface area (Å²) in [6, 6.07) is 8.48. The lowest BCUT2D eigenvalue weighted by atomic mass is 10.3. The largest absolute Gasteiger partial charge is 0.491 e. The topological polar surface area (TPSA) is 72.7 Å². The van der Waals surface area contributed by atoms with Crippen LogP contribution >= 0.6 is 0 Å². The minimum atomic E-state index is -3.89. The Hall–Kier alpha value is -2.61. The van der Waals surface area contributed by atoms with Crippen molar-refractivity contribution in [3.05, 3.63) is 54.6 Å². The summed E-state index contributed by atoms with van der Waals surface area (Å²) in [5, 5.41) is 4.03. The normalized spacial score (nSPS) is 11.6. The maximum Gasteiger partial charge on any atom is 0.262 e. The van der Waals surface area contributed by atoms with Crippen molar-refractivity contribution in [1.29, 1.82) is 0 Å². The van der Waals surface area contributed by atoms with Crippen molar-refractivity contribution in [3.8, 4) is 5.75 Å². The van der Waals surface area contributed by atoms with Gasteiger partial charge in [-0.15, -0.1) is 0 Å². The van der Waals surface area contributed by atoms with E-state index >= 15 is 0 Å². The number of hydrogen-bond donors (Lipinski definition) is 1. The number of benzene rings is 1. The second kappa shape index (κ2) is 5.88. The first-order chi connectivity index (χ1) is 11.0. The van der Waals surface area contributed by atoms with Crippen LogP contribution in [0.5, 0.6) is 5.75 Å².